The number of carboxylic acid groups (broad SMARTS) is 1. The van der Waals surface area contributed by atoms with Gasteiger partial charge in [0, 0.05) is 12.6 Å². The molecule has 0 spiro atoms. The number of aromatic carboxylic acids is 1. The predicted octanol–water partition coefficient (Wildman–Crippen LogP) is 1.60. The standard InChI is InChI=1S/C43H49F2N7O11S/c1-2-12-30(37(54)41(58)47-22-32(53)49-35(38(46)55)24-13-6-3-7-14-24)48-39(56)31-21-26(51-64(62,63)27-17-10-5-11-18-27)23-52(31)42(59)36(25-15-8-4-9-16-25)50-40(57)33-28(44)19-20-29(45)34(33)43(60)61/h3,5-7,10-11,13-14,17-20,25-26,30-31,35-36,51H,2,4,8-9,12,15-16,21-23H2,1H3,(H2,46,55)(H,47,58)(H,48,56)(H,49,53)(H,50,57)(H,60,61)/t26-,30?,31?,35+,36+/m1/s1. The fourth-order valence-corrected chi connectivity index (χ4v) is 9.19. The molecule has 64 heavy (non-hydrogen) atoms. The maximum Gasteiger partial charge on any atom is 0.339 e. The summed E-state index contributed by atoms with van der Waals surface area (Å²) >= 11 is 0. The highest BCUT2D eigenvalue weighted by Crippen LogP contribution is 2.31. The van der Waals surface area contributed by atoms with Gasteiger partial charge in [-0.3, -0.25) is 33.6 Å². The number of amides is 6. The van der Waals surface area contributed by atoms with Gasteiger partial charge in [0.2, 0.25) is 39.4 Å². The number of hydrogen-bond donors (Lipinski definition) is 7. The second-order valence-electron chi connectivity index (χ2n) is 15.5. The van der Waals surface area contributed by atoms with Gasteiger partial charge in [0.15, 0.2) is 0 Å². The molecule has 18 nitrogen and oxygen atoms in total. The molecule has 0 bridgehead atoms. The molecule has 1 aliphatic heterocycles. The molecule has 8 N–H and O–H groups in total. The molecule has 1 heterocycles. The summed E-state index contributed by atoms with van der Waals surface area (Å²) in [6, 6.07) is 9.36. The zero-order valence-electron chi connectivity index (χ0n) is 34.7. The Bertz CT molecular complexity index is 2370. The molecule has 0 aromatic heterocycles. The minimum atomic E-state index is -4.25. The van der Waals surface area contributed by atoms with Crippen molar-refractivity contribution in [3.8, 4) is 0 Å². The van der Waals surface area contributed by atoms with Crippen molar-refractivity contribution >= 4 is 57.2 Å². The summed E-state index contributed by atoms with van der Waals surface area (Å²) < 4.78 is 59.1. The van der Waals surface area contributed by atoms with E-state index in [9.17, 15) is 56.3 Å². The molecule has 0 radical (unpaired) electrons. The number of likely N-dealkylation sites (tertiary alicyclic amines) is 1. The number of carboxylic acids is 1. The van der Waals surface area contributed by atoms with Gasteiger partial charge < -0.3 is 37.0 Å². The van der Waals surface area contributed by atoms with Crippen molar-refractivity contribution in [2.24, 2.45) is 11.7 Å². The number of halogens is 2. The third-order valence-electron chi connectivity index (χ3n) is 11.0. The molecule has 5 atom stereocenters. The van der Waals surface area contributed by atoms with Gasteiger partial charge in [-0.2, -0.15) is 0 Å². The topological polar surface area (TPSA) is 280 Å². The Morgan fingerprint density at radius 2 is 1.44 bits per heavy atom. The number of nitrogens with one attached hydrogen (secondary N) is 5. The highest BCUT2D eigenvalue weighted by atomic mass is 32.2. The third-order valence-corrected chi connectivity index (χ3v) is 12.6. The summed E-state index contributed by atoms with van der Waals surface area (Å²) in [5.41, 5.74) is 3.39. The van der Waals surface area contributed by atoms with E-state index in [1.54, 1.807) is 43.3 Å². The van der Waals surface area contributed by atoms with E-state index in [2.05, 4.69) is 26.0 Å². The van der Waals surface area contributed by atoms with Crippen molar-refractivity contribution in [3.05, 3.63) is 101 Å². The number of hydrogen-bond acceptors (Lipinski definition) is 10. The molecular formula is C43H49F2N7O11S. The molecule has 2 aliphatic rings. The minimum absolute atomic E-state index is 0.0987. The van der Waals surface area contributed by atoms with E-state index in [0.29, 0.717) is 43.4 Å². The Balaban J connectivity index is 1.40. The van der Waals surface area contributed by atoms with Crippen LogP contribution in [0.25, 0.3) is 0 Å². The van der Waals surface area contributed by atoms with Crippen LogP contribution >= 0.6 is 0 Å². The number of ketones is 1. The molecule has 2 unspecified atom stereocenters. The molecule has 1 saturated carbocycles. The maximum atomic E-state index is 15.1. The van der Waals surface area contributed by atoms with Gasteiger partial charge in [0.05, 0.1) is 23.0 Å². The number of rotatable bonds is 19. The summed E-state index contributed by atoms with van der Waals surface area (Å²) in [5, 5.41) is 19.1. The first-order valence-electron chi connectivity index (χ1n) is 20.6. The molecule has 3 aromatic carbocycles. The van der Waals surface area contributed by atoms with Crippen molar-refractivity contribution in [1.29, 1.82) is 0 Å². The summed E-state index contributed by atoms with van der Waals surface area (Å²) in [7, 11) is -4.25. The van der Waals surface area contributed by atoms with Crippen molar-refractivity contribution < 1.29 is 60.7 Å². The van der Waals surface area contributed by atoms with Gasteiger partial charge >= 0.3 is 5.97 Å². The zero-order chi connectivity index (χ0) is 46.7. The monoisotopic (exact) mass is 909 g/mol. The first-order chi connectivity index (χ1) is 30.4. The first kappa shape index (κ1) is 48.4. The highest BCUT2D eigenvalue weighted by molar-refractivity contribution is 7.89. The summed E-state index contributed by atoms with van der Waals surface area (Å²) in [4.78, 5) is 107. The molecule has 3 aromatic rings. The number of Topliss-reactive ketones (excluding diaryl/α,β-unsaturated/α-hetero) is 1. The maximum absolute atomic E-state index is 15.1. The number of nitrogens with zero attached hydrogens (tertiary/aromatic N) is 1. The Morgan fingerprint density at radius 1 is 0.828 bits per heavy atom. The van der Waals surface area contributed by atoms with E-state index in [0.717, 1.165) is 11.3 Å². The molecule has 1 saturated heterocycles. The second kappa shape index (κ2) is 21.7. The third kappa shape index (κ3) is 11.9. The van der Waals surface area contributed by atoms with Gasteiger partial charge in [-0.15, -0.1) is 0 Å². The Kier molecular flexibility index (Phi) is 16.4. The van der Waals surface area contributed by atoms with Gasteiger partial charge in [-0.25, -0.2) is 26.7 Å². The van der Waals surface area contributed by atoms with Gasteiger partial charge in [-0.05, 0) is 61.4 Å². The Morgan fingerprint density at radius 3 is 2.03 bits per heavy atom. The number of sulfonamides is 1. The van der Waals surface area contributed by atoms with E-state index in [1.165, 1.54) is 24.3 Å². The normalized spacial score (nSPS) is 17.9. The van der Waals surface area contributed by atoms with E-state index in [1.807, 2.05) is 0 Å². The van der Waals surface area contributed by atoms with E-state index in [4.69, 9.17) is 5.73 Å². The van der Waals surface area contributed by atoms with Crippen LogP contribution in [0.5, 0.6) is 0 Å². The fourth-order valence-electron chi connectivity index (χ4n) is 7.93. The largest absolute Gasteiger partial charge is 0.478 e. The lowest BCUT2D eigenvalue weighted by molar-refractivity contribution is -0.143. The zero-order valence-corrected chi connectivity index (χ0v) is 35.5. The Labute approximate surface area is 367 Å². The summed E-state index contributed by atoms with van der Waals surface area (Å²) in [6.45, 7) is 0.442. The van der Waals surface area contributed by atoms with Crippen LogP contribution in [-0.2, 0) is 38.8 Å². The van der Waals surface area contributed by atoms with Gasteiger partial charge in [0.25, 0.3) is 11.8 Å². The molecule has 6 amide bonds. The summed E-state index contributed by atoms with van der Waals surface area (Å²) in [6.07, 6.45) is 2.49. The van der Waals surface area contributed by atoms with Crippen LogP contribution in [0.1, 0.15) is 90.6 Å². The molecule has 5 rings (SSSR count). The molecular weight excluding hydrogens is 861 g/mol. The molecule has 21 heteroatoms. The smallest absolute Gasteiger partial charge is 0.339 e. The number of primary amides is 1. The van der Waals surface area contributed by atoms with E-state index >= 15 is 4.39 Å². The number of nitrogens with two attached hydrogens (primary N) is 1. The van der Waals surface area contributed by atoms with E-state index in [-0.39, 0.29) is 24.2 Å². The average molecular weight is 910 g/mol. The van der Waals surface area contributed by atoms with Crippen LogP contribution in [-0.4, -0.2) is 103 Å². The molecule has 1 aliphatic carbocycles. The van der Waals surface area contributed by atoms with Crippen LogP contribution in [0.4, 0.5) is 8.78 Å². The van der Waals surface area contributed by atoms with Crippen LogP contribution in [0.2, 0.25) is 0 Å². The Hall–Kier alpha value is -6.61. The lowest BCUT2D eigenvalue weighted by Crippen LogP contribution is -2.58. The number of benzene rings is 3. The lowest BCUT2D eigenvalue weighted by atomic mass is 9.83. The fraction of sp³-hybridized carbons (Fsp3) is 0.395. The van der Waals surface area contributed by atoms with Crippen LogP contribution in [0.3, 0.4) is 0 Å². The van der Waals surface area contributed by atoms with Crippen LogP contribution in [0.15, 0.2) is 77.7 Å². The van der Waals surface area contributed by atoms with E-state index < -0.39 is 129 Å². The van der Waals surface area contributed by atoms with Gasteiger partial charge in [-0.1, -0.05) is 81.1 Å². The van der Waals surface area contributed by atoms with Crippen molar-refractivity contribution in [1.82, 2.24) is 30.9 Å². The molecule has 2 fully saturated rings. The quantitative estimate of drug-likeness (QED) is 0.0849. The van der Waals surface area contributed by atoms with Crippen LogP contribution < -0.4 is 31.7 Å². The highest BCUT2D eigenvalue weighted by Gasteiger charge is 2.46. The summed E-state index contributed by atoms with van der Waals surface area (Å²) in [5.74, 6) is -12.9. The lowest BCUT2D eigenvalue weighted by Gasteiger charge is -2.35. The minimum Gasteiger partial charge on any atom is -0.478 e. The number of carbonyl (C=O) groups excluding carboxylic acids is 7. The van der Waals surface area contributed by atoms with Crippen molar-refractivity contribution in [2.45, 2.75) is 93.4 Å². The van der Waals surface area contributed by atoms with Crippen molar-refractivity contribution in [2.75, 3.05) is 13.1 Å². The number of carbonyl (C=O) groups is 8. The van der Waals surface area contributed by atoms with Gasteiger partial charge in [0.1, 0.15) is 35.3 Å². The molecule has 342 valence electrons. The SMILES string of the molecule is CCCC(NC(=O)C1C[C@@H](NS(=O)(=O)c2ccccc2)CN1C(=O)[C@@H](NC(=O)c1c(F)ccc(F)c1C(=O)O)C1CCCCC1)C(=O)C(=O)NCC(=O)N[C@H](C(N)=O)c1ccccc1. The second-order valence-corrected chi connectivity index (χ2v) is 17.2. The van der Waals surface area contributed by atoms with Crippen molar-refractivity contribution in [3.63, 3.8) is 0 Å². The predicted molar refractivity (Wildman–Crippen MR) is 223 cm³/mol. The first-order valence-corrected chi connectivity index (χ1v) is 22.1. The average Bonchev–Trinajstić information content (AvgIpc) is 3.70. The van der Waals surface area contributed by atoms with Crippen LogP contribution in [0, 0.1) is 17.6 Å².